The molecule has 7 heteroatoms. The highest BCUT2D eigenvalue weighted by Crippen LogP contribution is 2.29. The average Bonchev–Trinajstić information content (AvgIpc) is 3.02. The van der Waals surface area contributed by atoms with Crippen LogP contribution in [0.15, 0.2) is 54.9 Å². The topological polar surface area (TPSA) is 41.6 Å². The molecule has 0 aliphatic carbocycles. The fraction of sp³-hybridized carbons (Fsp3) is 0.111. The minimum Gasteiger partial charge on any atom is -0.268 e. The normalized spacial score (nSPS) is 11.3. The van der Waals surface area contributed by atoms with Crippen molar-refractivity contribution in [3.05, 3.63) is 77.4 Å². The van der Waals surface area contributed by atoms with E-state index >= 15 is 0 Å². The van der Waals surface area contributed by atoms with Gasteiger partial charge >= 0.3 is 6.18 Å². The monoisotopic (exact) mass is 345 g/mol. The first kappa shape index (κ1) is 16.7. The van der Waals surface area contributed by atoms with Crippen LogP contribution < -0.4 is 0 Å². The molecule has 0 fully saturated rings. The second kappa shape index (κ2) is 6.40. The summed E-state index contributed by atoms with van der Waals surface area (Å²) in [5, 5.41) is 13.0. The number of alkyl halides is 3. The number of rotatable bonds is 3. The minimum atomic E-state index is -4.40. The number of halogens is 4. The number of nitrogens with zero attached hydrogens (tertiary/aromatic N) is 3. The van der Waals surface area contributed by atoms with Gasteiger partial charge in [-0.3, -0.25) is 4.68 Å². The van der Waals surface area contributed by atoms with Crippen molar-refractivity contribution in [2.45, 2.75) is 12.7 Å². The molecule has 0 radical (unpaired) electrons. The summed E-state index contributed by atoms with van der Waals surface area (Å²) in [5.74, 6) is -0.542. The van der Waals surface area contributed by atoms with E-state index < -0.39 is 17.6 Å². The third-order valence-electron chi connectivity index (χ3n) is 3.59. The number of hydrogen-bond donors (Lipinski definition) is 0. The molecule has 0 saturated carbocycles. The lowest BCUT2D eigenvalue weighted by molar-refractivity contribution is -0.137. The maximum atomic E-state index is 13.5. The summed E-state index contributed by atoms with van der Waals surface area (Å²) in [6.45, 7) is 0.143. The van der Waals surface area contributed by atoms with Gasteiger partial charge < -0.3 is 0 Å². The van der Waals surface area contributed by atoms with Crippen molar-refractivity contribution in [3.8, 4) is 17.2 Å². The Morgan fingerprint density at radius 1 is 1.08 bits per heavy atom. The van der Waals surface area contributed by atoms with Gasteiger partial charge in [0.15, 0.2) is 0 Å². The molecule has 3 nitrogen and oxygen atoms in total. The molecule has 0 amide bonds. The van der Waals surface area contributed by atoms with Crippen LogP contribution in [-0.4, -0.2) is 9.78 Å². The Bertz CT molecular complexity index is 951. The van der Waals surface area contributed by atoms with Gasteiger partial charge in [0.2, 0.25) is 0 Å². The second-order valence-electron chi connectivity index (χ2n) is 5.47. The standard InChI is InChI=1S/C18H11F4N3/c19-17-6-13(8-23)4-14(7-17)15-9-24-25(11-15)10-12-2-1-3-16(5-12)18(20,21)22/h1-7,9,11H,10H2. The van der Waals surface area contributed by atoms with E-state index in [9.17, 15) is 17.6 Å². The van der Waals surface area contributed by atoms with E-state index in [1.165, 1.54) is 29.1 Å². The second-order valence-corrected chi connectivity index (χ2v) is 5.47. The van der Waals surface area contributed by atoms with Crippen LogP contribution in [0.4, 0.5) is 17.6 Å². The lowest BCUT2D eigenvalue weighted by atomic mass is 10.1. The number of benzene rings is 2. The molecule has 0 unspecified atom stereocenters. The van der Waals surface area contributed by atoms with Crippen molar-refractivity contribution in [1.82, 2.24) is 9.78 Å². The molecule has 0 N–H and O–H groups in total. The molecule has 1 aromatic heterocycles. The van der Waals surface area contributed by atoms with Gasteiger partial charge in [-0.2, -0.15) is 23.5 Å². The summed E-state index contributed by atoms with van der Waals surface area (Å²) < 4.78 is 53.3. The van der Waals surface area contributed by atoms with Crippen LogP contribution in [0, 0.1) is 17.1 Å². The van der Waals surface area contributed by atoms with Crippen LogP contribution in [0.3, 0.4) is 0 Å². The Labute approximate surface area is 140 Å². The van der Waals surface area contributed by atoms with Gasteiger partial charge in [0.25, 0.3) is 0 Å². The summed E-state index contributed by atoms with van der Waals surface area (Å²) in [6, 6.07) is 10.8. The van der Waals surface area contributed by atoms with E-state index in [2.05, 4.69) is 5.10 Å². The van der Waals surface area contributed by atoms with Gasteiger partial charge in [-0.05, 0) is 41.5 Å². The predicted molar refractivity (Wildman–Crippen MR) is 82.9 cm³/mol. The summed E-state index contributed by atoms with van der Waals surface area (Å²) in [4.78, 5) is 0. The van der Waals surface area contributed by atoms with Crippen molar-refractivity contribution in [2.24, 2.45) is 0 Å². The first-order valence-electron chi connectivity index (χ1n) is 7.25. The smallest absolute Gasteiger partial charge is 0.268 e. The first-order chi connectivity index (χ1) is 11.8. The molecule has 25 heavy (non-hydrogen) atoms. The fourth-order valence-corrected chi connectivity index (χ4v) is 2.45. The SMILES string of the molecule is N#Cc1cc(F)cc(-c2cnn(Cc3cccc(C(F)(F)F)c3)c2)c1. The van der Waals surface area contributed by atoms with E-state index in [1.54, 1.807) is 12.3 Å². The third-order valence-corrected chi connectivity index (χ3v) is 3.59. The molecule has 0 atom stereocenters. The highest BCUT2D eigenvalue weighted by Gasteiger charge is 2.30. The fourth-order valence-electron chi connectivity index (χ4n) is 2.45. The Morgan fingerprint density at radius 3 is 2.60 bits per heavy atom. The van der Waals surface area contributed by atoms with E-state index in [-0.39, 0.29) is 12.1 Å². The van der Waals surface area contributed by atoms with Crippen LogP contribution in [0.5, 0.6) is 0 Å². The van der Waals surface area contributed by atoms with Gasteiger partial charge in [-0.25, -0.2) is 4.39 Å². The van der Waals surface area contributed by atoms with E-state index in [4.69, 9.17) is 5.26 Å². The molecule has 0 spiro atoms. The Kier molecular flexibility index (Phi) is 4.28. The molecular formula is C18H11F4N3. The molecule has 0 bridgehead atoms. The lowest BCUT2D eigenvalue weighted by Crippen LogP contribution is -2.07. The van der Waals surface area contributed by atoms with Gasteiger partial charge in [-0.1, -0.05) is 12.1 Å². The molecule has 3 aromatic rings. The Hall–Kier alpha value is -3.14. The zero-order chi connectivity index (χ0) is 18.0. The van der Waals surface area contributed by atoms with E-state index in [1.807, 2.05) is 6.07 Å². The van der Waals surface area contributed by atoms with Gasteiger partial charge in [0.05, 0.1) is 29.9 Å². The summed E-state index contributed by atoms with van der Waals surface area (Å²) in [6.07, 6.45) is -1.33. The van der Waals surface area contributed by atoms with Crippen LogP contribution in [0.1, 0.15) is 16.7 Å². The molecule has 0 aliphatic rings. The maximum absolute atomic E-state index is 13.5. The molecule has 126 valence electrons. The molecule has 0 aliphatic heterocycles. The summed E-state index contributed by atoms with van der Waals surface area (Å²) in [7, 11) is 0. The Balaban J connectivity index is 1.86. The van der Waals surface area contributed by atoms with Crippen LogP contribution in [0.2, 0.25) is 0 Å². The van der Waals surface area contributed by atoms with Gasteiger partial charge in [-0.15, -0.1) is 0 Å². The average molecular weight is 345 g/mol. The van der Waals surface area contributed by atoms with E-state index in [0.717, 1.165) is 18.2 Å². The van der Waals surface area contributed by atoms with Crippen LogP contribution in [-0.2, 0) is 12.7 Å². The zero-order valence-electron chi connectivity index (χ0n) is 12.8. The lowest BCUT2D eigenvalue weighted by Gasteiger charge is -2.08. The van der Waals surface area contributed by atoms with E-state index in [0.29, 0.717) is 16.7 Å². The maximum Gasteiger partial charge on any atom is 0.416 e. The third kappa shape index (κ3) is 3.86. The molecule has 2 aromatic carbocycles. The predicted octanol–water partition coefficient (Wildman–Crippen LogP) is 4.63. The van der Waals surface area contributed by atoms with Crippen molar-refractivity contribution in [3.63, 3.8) is 0 Å². The Morgan fingerprint density at radius 2 is 1.88 bits per heavy atom. The minimum absolute atomic E-state index is 0.143. The van der Waals surface area contributed by atoms with Gasteiger partial charge in [0.1, 0.15) is 5.82 Å². The highest BCUT2D eigenvalue weighted by molar-refractivity contribution is 5.63. The number of nitriles is 1. The van der Waals surface area contributed by atoms with Crippen molar-refractivity contribution in [2.75, 3.05) is 0 Å². The molecular weight excluding hydrogens is 334 g/mol. The quantitative estimate of drug-likeness (QED) is 0.650. The zero-order valence-corrected chi connectivity index (χ0v) is 12.8. The number of hydrogen-bond acceptors (Lipinski definition) is 2. The largest absolute Gasteiger partial charge is 0.416 e. The number of aromatic nitrogens is 2. The molecule has 0 saturated heterocycles. The summed E-state index contributed by atoms with van der Waals surface area (Å²) >= 11 is 0. The first-order valence-corrected chi connectivity index (χ1v) is 7.25. The van der Waals surface area contributed by atoms with Crippen molar-refractivity contribution in [1.29, 1.82) is 5.26 Å². The molecule has 1 heterocycles. The molecule has 3 rings (SSSR count). The van der Waals surface area contributed by atoms with Crippen molar-refractivity contribution < 1.29 is 17.6 Å². The van der Waals surface area contributed by atoms with Gasteiger partial charge in [0, 0.05) is 11.8 Å². The highest BCUT2D eigenvalue weighted by atomic mass is 19.4. The summed E-state index contributed by atoms with van der Waals surface area (Å²) in [5.41, 5.74) is 0.957. The van der Waals surface area contributed by atoms with Crippen molar-refractivity contribution >= 4 is 0 Å². The van der Waals surface area contributed by atoms with Crippen LogP contribution in [0.25, 0.3) is 11.1 Å². The van der Waals surface area contributed by atoms with Crippen LogP contribution >= 0.6 is 0 Å².